The molecule has 7 heteroatoms. The average Bonchev–Trinajstić information content (AvgIpc) is 2.35. The number of alkyl halides is 3. The summed E-state index contributed by atoms with van der Waals surface area (Å²) in [6, 6.07) is 5.09. The van der Waals surface area contributed by atoms with Gasteiger partial charge in [-0.1, -0.05) is 12.1 Å². The molecule has 0 aromatic heterocycles. The summed E-state index contributed by atoms with van der Waals surface area (Å²) in [6.07, 6.45) is 0. The fraction of sp³-hybridized carbons (Fsp3) is 0.417. The zero-order chi connectivity index (χ0) is 14.6. The molecule has 0 fully saturated rings. The first-order chi connectivity index (χ1) is 8.76. The number of carbonyl (C=O) groups excluding carboxylic acids is 1. The fourth-order valence-electron chi connectivity index (χ4n) is 1.37. The van der Waals surface area contributed by atoms with E-state index >= 15 is 0 Å². The minimum absolute atomic E-state index is 0.0207. The smallest absolute Gasteiger partial charge is 0.394 e. The molecule has 0 saturated heterocycles. The van der Waals surface area contributed by atoms with Crippen LogP contribution in [0.25, 0.3) is 0 Å². The van der Waals surface area contributed by atoms with Crippen LogP contribution in [0.2, 0.25) is 0 Å². The Morgan fingerprint density at radius 3 is 2.53 bits per heavy atom. The molecule has 19 heavy (non-hydrogen) atoms. The summed E-state index contributed by atoms with van der Waals surface area (Å²) in [6.45, 7) is 1.36. The van der Waals surface area contributed by atoms with E-state index in [-0.39, 0.29) is 28.8 Å². The topological polar surface area (TPSA) is 40.5 Å². The maximum Gasteiger partial charge on any atom is 0.446 e. The van der Waals surface area contributed by atoms with Crippen molar-refractivity contribution in [2.45, 2.75) is 23.4 Å². The highest BCUT2D eigenvalue weighted by atomic mass is 32.2. The summed E-state index contributed by atoms with van der Waals surface area (Å²) in [7, 11) is 1.44. The Bertz CT molecular complexity index is 451. The van der Waals surface area contributed by atoms with E-state index in [0.29, 0.717) is 0 Å². The van der Waals surface area contributed by atoms with Crippen LogP contribution in [-0.2, 0) is 0 Å². The molecular formula is C12H14F3NO2S. The summed E-state index contributed by atoms with van der Waals surface area (Å²) in [5, 5.41) is 8.98. The number of thioether (sulfide) groups is 1. The van der Waals surface area contributed by atoms with Crippen LogP contribution >= 0.6 is 11.8 Å². The first kappa shape index (κ1) is 15.8. The number of hydrogen-bond donors (Lipinski definition) is 1. The van der Waals surface area contributed by atoms with Gasteiger partial charge in [0.15, 0.2) is 0 Å². The van der Waals surface area contributed by atoms with Crippen molar-refractivity contribution in [2.24, 2.45) is 0 Å². The second kappa shape index (κ2) is 6.29. The molecule has 1 amide bonds. The molecule has 1 N–H and O–H groups in total. The predicted molar refractivity (Wildman–Crippen MR) is 67.0 cm³/mol. The predicted octanol–water partition coefficient (Wildman–Crippen LogP) is 2.75. The SMILES string of the molecule is CC(CO)N(C)C(=O)c1ccccc1SC(F)(F)F. The number of aliphatic hydroxyl groups is 1. The second-order valence-corrected chi connectivity index (χ2v) is 5.10. The van der Waals surface area contributed by atoms with Crippen molar-refractivity contribution in [1.82, 2.24) is 4.90 Å². The van der Waals surface area contributed by atoms with E-state index in [1.165, 1.54) is 36.2 Å². The molecule has 1 atom stereocenters. The Kier molecular flexibility index (Phi) is 5.25. The molecule has 0 spiro atoms. The van der Waals surface area contributed by atoms with E-state index < -0.39 is 17.5 Å². The highest BCUT2D eigenvalue weighted by Crippen LogP contribution is 2.38. The number of halogens is 3. The van der Waals surface area contributed by atoms with Crippen molar-refractivity contribution >= 4 is 17.7 Å². The van der Waals surface area contributed by atoms with E-state index in [1.54, 1.807) is 6.92 Å². The number of carbonyl (C=O) groups is 1. The van der Waals surface area contributed by atoms with E-state index in [0.717, 1.165) is 0 Å². The lowest BCUT2D eigenvalue weighted by molar-refractivity contribution is -0.0328. The number of nitrogens with zero attached hydrogens (tertiary/aromatic N) is 1. The normalized spacial score (nSPS) is 13.2. The first-order valence-electron chi connectivity index (χ1n) is 5.49. The molecule has 0 aliphatic heterocycles. The van der Waals surface area contributed by atoms with Gasteiger partial charge in [0.25, 0.3) is 5.91 Å². The second-order valence-electron chi connectivity index (χ2n) is 3.99. The molecule has 1 rings (SSSR count). The summed E-state index contributed by atoms with van der Waals surface area (Å²) in [4.78, 5) is 13.2. The number of aliphatic hydroxyl groups excluding tert-OH is 1. The molecule has 1 unspecified atom stereocenters. The zero-order valence-electron chi connectivity index (χ0n) is 10.4. The van der Waals surface area contributed by atoms with Crippen molar-refractivity contribution < 1.29 is 23.1 Å². The van der Waals surface area contributed by atoms with Gasteiger partial charge in [0.05, 0.1) is 18.2 Å². The molecule has 0 bridgehead atoms. The third kappa shape index (κ3) is 4.43. The van der Waals surface area contributed by atoms with Crippen molar-refractivity contribution in [3.05, 3.63) is 29.8 Å². The van der Waals surface area contributed by atoms with Gasteiger partial charge in [-0.25, -0.2) is 0 Å². The van der Waals surface area contributed by atoms with Crippen LogP contribution in [0.5, 0.6) is 0 Å². The first-order valence-corrected chi connectivity index (χ1v) is 6.30. The average molecular weight is 293 g/mol. The van der Waals surface area contributed by atoms with Crippen LogP contribution in [0.1, 0.15) is 17.3 Å². The Balaban J connectivity index is 3.03. The number of benzene rings is 1. The van der Waals surface area contributed by atoms with Crippen LogP contribution in [-0.4, -0.2) is 41.1 Å². The highest BCUT2D eigenvalue weighted by molar-refractivity contribution is 8.00. The molecule has 0 aliphatic rings. The third-order valence-corrected chi connectivity index (χ3v) is 3.40. The lowest BCUT2D eigenvalue weighted by Gasteiger charge is -2.24. The molecule has 1 aromatic carbocycles. The Morgan fingerprint density at radius 1 is 1.42 bits per heavy atom. The fourth-order valence-corrected chi connectivity index (χ4v) is 2.03. The maximum atomic E-state index is 12.4. The van der Waals surface area contributed by atoms with Crippen LogP contribution < -0.4 is 0 Å². The molecule has 0 saturated carbocycles. The number of rotatable bonds is 4. The van der Waals surface area contributed by atoms with Gasteiger partial charge < -0.3 is 10.0 Å². The molecule has 0 radical (unpaired) electrons. The van der Waals surface area contributed by atoms with Crippen molar-refractivity contribution in [3.8, 4) is 0 Å². The van der Waals surface area contributed by atoms with Gasteiger partial charge in [-0.05, 0) is 30.8 Å². The lowest BCUT2D eigenvalue weighted by atomic mass is 10.2. The van der Waals surface area contributed by atoms with E-state index in [4.69, 9.17) is 5.11 Å². The molecule has 3 nitrogen and oxygen atoms in total. The number of hydrogen-bond acceptors (Lipinski definition) is 3. The van der Waals surface area contributed by atoms with Gasteiger partial charge in [-0.2, -0.15) is 13.2 Å². The van der Waals surface area contributed by atoms with Gasteiger partial charge in [0.2, 0.25) is 0 Å². The summed E-state index contributed by atoms with van der Waals surface area (Å²) in [5.74, 6) is -0.547. The van der Waals surface area contributed by atoms with Crippen molar-refractivity contribution in [2.75, 3.05) is 13.7 Å². The Labute approximate surface area is 113 Å². The molecule has 0 aliphatic carbocycles. The third-order valence-electron chi connectivity index (χ3n) is 2.59. The minimum atomic E-state index is -4.45. The molecule has 1 aromatic rings. The summed E-state index contributed by atoms with van der Waals surface area (Å²) >= 11 is -0.318. The highest BCUT2D eigenvalue weighted by Gasteiger charge is 2.32. The summed E-state index contributed by atoms with van der Waals surface area (Å²) in [5.41, 5.74) is -4.47. The Hall–Kier alpha value is -1.21. The molecule has 106 valence electrons. The van der Waals surface area contributed by atoms with Crippen LogP contribution in [0.4, 0.5) is 13.2 Å². The molecule has 0 heterocycles. The summed E-state index contributed by atoms with van der Waals surface area (Å²) < 4.78 is 37.2. The minimum Gasteiger partial charge on any atom is -0.394 e. The van der Waals surface area contributed by atoms with E-state index in [9.17, 15) is 18.0 Å². The van der Waals surface area contributed by atoms with E-state index in [2.05, 4.69) is 0 Å². The van der Waals surface area contributed by atoms with Gasteiger partial charge in [-0.3, -0.25) is 4.79 Å². The largest absolute Gasteiger partial charge is 0.446 e. The van der Waals surface area contributed by atoms with Gasteiger partial charge in [0.1, 0.15) is 0 Å². The quantitative estimate of drug-likeness (QED) is 0.868. The monoisotopic (exact) mass is 293 g/mol. The Morgan fingerprint density at radius 2 is 2.00 bits per heavy atom. The van der Waals surface area contributed by atoms with Gasteiger partial charge >= 0.3 is 5.51 Å². The zero-order valence-corrected chi connectivity index (χ0v) is 11.3. The van der Waals surface area contributed by atoms with Crippen LogP contribution in [0.15, 0.2) is 29.2 Å². The van der Waals surface area contributed by atoms with Crippen molar-refractivity contribution in [3.63, 3.8) is 0 Å². The molecular weight excluding hydrogens is 279 g/mol. The number of amides is 1. The van der Waals surface area contributed by atoms with Crippen LogP contribution in [0.3, 0.4) is 0 Å². The van der Waals surface area contributed by atoms with Gasteiger partial charge in [-0.15, -0.1) is 0 Å². The van der Waals surface area contributed by atoms with Gasteiger partial charge in [0, 0.05) is 11.9 Å². The van der Waals surface area contributed by atoms with Crippen LogP contribution in [0, 0.1) is 0 Å². The number of likely N-dealkylation sites (N-methyl/N-ethyl adjacent to an activating group) is 1. The maximum absolute atomic E-state index is 12.4. The lowest BCUT2D eigenvalue weighted by Crippen LogP contribution is -2.37. The van der Waals surface area contributed by atoms with E-state index in [1.807, 2.05) is 0 Å². The van der Waals surface area contributed by atoms with Crippen molar-refractivity contribution in [1.29, 1.82) is 0 Å². The standard InChI is InChI=1S/C12H14F3NO2S/c1-8(7-17)16(2)11(18)9-5-3-4-6-10(9)19-12(13,14)15/h3-6,8,17H,7H2,1-2H3.